The minimum absolute atomic E-state index is 0.0169. The highest BCUT2D eigenvalue weighted by atomic mass is 16.2. The molecule has 1 aromatic carbocycles. The van der Waals surface area contributed by atoms with Crippen LogP contribution >= 0.6 is 0 Å². The summed E-state index contributed by atoms with van der Waals surface area (Å²) < 4.78 is 0. The quantitative estimate of drug-likeness (QED) is 0.871. The second-order valence-electron chi connectivity index (χ2n) is 4.75. The Morgan fingerprint density at radius 3 is 2.06 bits per heavy atom. The first-order valence-corrected chi connectivity index (χ1v) is 6.64. The summed E-state index contributed by atoms with van der Waals surface area (Å²) in [4.78, 5) is 14.0. The van der Waals surface area contributed by atoms with Crippen molar-refractivity contribution in [1.29, 1.82) is 0 Å². The normalized spacial score (nSPS) is 11.4. The number of aryl methyl sites for hydroxylation is 1. The van der Waals surface area contributed by atoms with Gasteiger partial charge in [0.1, 0.15) is 0 Å². The van der Waals surface area contributed by atoms with Crippen LogP contribution in [0, 0.1) is 0 Å². The van der Waals surface area contributed by atoms with E-state index in [2.05, 4.69) is 19.1 Å². The van der Waals surface area contributed by atoms with E-state index in [4.69, 9.17) is 5.73 Å². The molecule has 1 aromatic rings. The molecule has 0 aliphatic heterocycles. The van der Waals surface area contributed by atoms with Gasteiger partial charge in [-0.05, 0) is 37.0 Å². The molecule has 18 heavy (non-hydrogen) atoms. The number of carbonyl (C=O) groups excluding carboxylic acids is 1. The maximum atomic E-state index is 12.4. The highest BCUT2D eigenvalue weighted by Gasteiger charge is 2.32. The van der Waals surface area contributed by atoms with Crippen LogP contribution < -0.4 is 10.6 Å². The third kappa shape index (κ3) is 2.91. The largest absolute Gasteiger partial charge is 0.317 e. The number of hydrogen-bond acceptors (Lipinski definition) is 2. The van der Waals surface area contributed by atoms with Crippen LogP contribution in [-0.4, -0.2) is 18.5 Å². The van der Waals surface area contributed by atoms with Gasteiger partial charge in [0.25, 0.3) is 0 Å². The Morgan fingerprint density at radius 2 is 1.67 bits per heavy atom. The van der Waals surface area contributed by atoms with Gasteiger partial charge in [0, 0.05) is 12.7 Å². The molecule has 0 bridgehead atoms. The van der Waals surface area contributed by atoms with Gasteiger partial charge in [0.15, 0.2) is 0 Å². The van der Waals surface area contributed by atoms with Crippen molar-refractivity contribution in [3.63, 3.8) is 0 Å². The standard InChI is InChI=1S/C15H24N2O/c1-5-12-8-10-13(11-9-12)17(4)14(18)15(16,6-2)7-3/h8-11H,5-7,16H2,1-4H3. The third-order valence-corrected chi connectivity index (χ3v) is 3.72. The van der Waals surface area contributed by atoms with Crippen LogP contribution in [0.15, 0.2) is 24.3 Å². The Labute approximate surface area is 110 Å². The molecule has 0 fully saturated rings. The summed E-state index contributed by atoms with van der Waals surface area (Å²) in [5, 5.41) is 0. The van der Waals surface area contributed by atoms with Crippen LogP contribution in [0.4, 0.5) is 5.69 Å². The summed E-state index contributed by atoms with van der Waals surface area (Å²) in [5.41, 5.74) is 7.56. The summed E-state index contributed by atoms with van der Waals surface area (Å²) in [6.07, 6.45) is 2.31. The summed E-state index contributed by atoms with van der Waals surface area (Å²) in [6, 6.07) is 8.05. The average molecular weight is 248 g/mol. The lowest BCUT2D eigenvalue weighted by Gasteiger charge is -2.30. The van der Waals surface area contributed by atoms with E-state index >= 15 is 0 Å². The molecule has 0 saturated heterocycles. The molecular formula is C15H24N2O. The van der Waals surface area contributed by atoms with Crippen molar-refractivity contribution in [2.24, 2.45) is 5.73 Å². The molecule has 0 spiro atoms. The zero-order valence-electron chi connectivity index (χ0n) is 11.9. The van der Waals surface area contributed by atoms with Crippen molar-refractivity contribution < 1.29 is 4.79 Å². The first-order chi connectivity index (χ1) is 8.48. The topological polar surface area (TPSA) is 46.3 Å². The molecule has 0 heterocycles. The predicted molar refractivity (Wildman–Crippen MR) is 76.7 cm³/mol. The Kier molecular flexibility index (Phi) is 4.91. The smallest absolute Gasteiger partial charge is 0.246 e. The van der Waals surface area contributed by atoms with Gasteiger partial charge in [-0.1, -0.05) is 32.9 Å². The molecule has 0 atom stereocenters. The molecule has 1 rings (SSSR count). The highest BCUT2D eigenvalue weighted by molar-refractivity contribution is 5.99. The molecule has 1 amide bonds. The number of hydrogen-bond donors (Lipinski definition) is 1. The van der Waals surface area contributed by atoms with E-state index < -0.39 is 5.54 Å². The minimum Gasteiger partial charge on any atom is -0.317 e. The number of benzene rings is 1. The highest BCUT2D eigenvalue weighted by Crippen LogP contribution is 2.20. The van der Waals surface area contributed by atoms with Crippen molar-refractivity contribution in [3.05, 3.63) is 29.8 Å². The van der Waals surface area contributed by atoms with Gasteiger partial charge in [-0.25, -0.2) is 0 Å². The molecule has 0 radical (unpaired) electrons. The fourth-order valence-corrected chi connectivity index (χ4v) is 1.96. The SMILES string of the molecule is CCc1ccc(N(C)C(=O)C(N)(CC)CC)cc1. The Bertz CT molecular complexity index is 393. The van der Waals surface area contributed by atoms with Crippen molar-refractivity contribution >= 4 is 11.6 Å². The van der Waals surface area contributed by atoms with E-state index in [1.54, 1.807) is 11.9 Å². The zero-order valence-corrected chi connectivity index (χ0v) is 11.9. The number of anilines is 1. The fourth-order valence-electron chi connectivity index (χ4n) is 1.96. The molecule has 3 heteroatoms. The average Bonchev–Trinajstić information content (AvgIpc) is 2.44. The van der Waals surface area contributed by atoms with E-state index in [-0.39, 0.29) is 5.91 Å². The maximum Gasteiger partial charge on any atom is 0.246 e. The number of nitrogens with two attached hydrogens (primary N) is 1. The lowest BCUT2D eigenvalue weighted by Crippen LogP contribution is -2.53. The van der Waals surface area contributed by atoms with Gasteiger partial charge < -0.3 is 10.6 Å². The molecule has 0 unspecified atom stereocenters. The first kappa shape index (κ1) is 14.7. The lowest BCUT2D eigenvalue weighted by molar-refractivity contribution is -0.123. The second kappa shape index (κ2) is 6.01. The van der Waals surface area contributed by atoms with Crippen molar-refractivity contribution in [2.75, 3.05) is 11.9 Å². The van der Waals surface area contributed by atoms with Gasteiger partial charge in [-0.2, -0.15) is 0 Å². The molecule has 0 saturated carbocycles. The van der Waals surface area contributed by atoms with Crippen LogP contribution in [0.1, 0.15) is 39.2 Å². The van der Waals surface area contributed by atoms with Crippen LogP contribution in [0.3, 0.4) is 0 Å². The number of carbonyl (C=O) groups is 1. The third-order valence-electron chi connectivity index (χ3n) is 3.72. The van der Waals surface area contributed by atoms with Gasteiger partial charge in [0.2, 0.25) is 5.91 Å². The summed E-state index contributed by atoms with van der Waals surface area (Å²) in [5.74, 6) is -0.0169. The summed E-state index contributed by atoms with van der Waals surface area (Å²) in [7, 11) is 1.79. The van der Waals surface area contributed by atoms with Crippen molar-refractivity contribution in [2.45, 2.75) is 45.6 Å². The van der Waals surface area contributed by atoms with Gasteiger partial charge in [-0.15, -0.1) is 0 Å². The van der Waals surface area contributed by atoms with Crippen LogP contribution in [0.25, 0.3) is 0 Å². The number of likely N-dealkylation sites (N-methyl/N-ethyl adjacent to an activating group) is 1. The Morgan fingerprint density at radius 1 is 1.17 bits per heavy atom. The summed E-state index contributed by atoms with van der Waals surface area (Å²) in [6.45, 7) is 6.02. The molecule has 2 N–H and O–H groups in total. The van der Waals surface area contributed by atoms with Gasteiger partial charge >= 0.3 is 0 Å². The van der Waals surface area contributed by atoms with Gasteiger partial charge in [-0.3, -0.25) is 4.79 Å². The minimum atomic E-state index is -0.752. The second-order valence-corrected chi connectivity index (χ2v) is 4.75. The molecule has 3 nitrogen and oxygen atoms in total. The zero-order chi connectivity index (χ0) is 13.8. The van der Waals surface area contributed by atoms with Crippen LogP contribution in [0.2, 0.25) is 0 Å². The monoisotopic (exact) mass is 248 g/mol. The van der Waals surface area contributed by atoms with E-state index in [9.17, 15) is 4.79 Å². The predicted octanol–water partition coefficient (Wildman–Crippen LogP) is 2.73. The van der Waals surface area contributed by atoms with E-state index in [0.717, 1.165) is 12.1 Å². The molecule has 0 aliphatic rings. The Hall–Kier alpha value is -1.35. The van der Waals surface area contributed by atoms with Crippen molar-refractivity contribution in [1.82, 2.24) is 0 Å². The van der Waals surface area contributed by atoms with E-state index in [1.165, 1.54) is 5.56 Å². The number of amides is 1. The van der Waals surface area contributed by atoms with Crippen LogP contribution in [-0.2, 0) is 11.2 Å². The van der Waals surface area contributed by atoms with E-state index in [1.807, 2.05) is 26.0 Å². The molecule has 100 valence electrons. The molecule has 0 aliphatic carbocycles. The fraction of sp³-hybridized carbons (Fsp3) is 0.533. The van der Waals surface area contributed by atoms with E-state index in [0.29, 0.717) is 12.8 Å². The Balaban J connectivity index is 2.92. The first-order valence-electron chi connectivity index (χ1n) is 6.64. The number of rotatable bonds is 5. The lowest BCUT2D eigenvalue weighted by atomic mass is 9.92. The molecular weight excluding hydrogens is 224 g/mol. The summed E-state index contributed by atoms with van der Waals surface area (Å²) >= 11 is 0. The number of nitrogens with zero attached hydrogens (tertiary/aromatic N) is 1. The maximum absolute atomic E-state index is 12.4. The van der Waals surface area contributed by atoms with Crippen LogP contribution in [0.5, 0.6) is 0 Å². The van der Waals surface area contributed by atoms with Crippen molar-refractivity contribution in [3.8, 4) is 0 Å². The van der Waals surface area contributed by atoms with Gasteiger partial charge in [0.05, 0.1) is 5.54 Å². The molecule has 0 aromatic heterocycles.